The molecule has 3 rings (SSSR count). The van der Waals surface area contributed by atoms with E-state index >= 15 is 0 Å². The molecule has 1 atom stereocenters. The Morgan fingerprint density at radius 2 is 1.97 bits per heavy atom. The first kappa shape index (κ1) is 21.1. The molecule has 0 radical (unpaired) electrons. The minimum absolute atomic E-state index is 0.0639. The first-order chi connectivity index (χ1) is 14.0. The molecule has 0 fully saturated rings. The van der Waals surface area contributed by atoms with Gasteiger partial charge in [0.1, 0.15) is 11.5 Å². The number of aromatic nitrogens is 1. The number of ether oxygens (including phenoxy) is 2. The second kappa shape index (κ2) is 9.71. The van der Waals surface area contributed by atoms with E-state index in [-0.39, 0.29) is 6.42 Å². The van der Waals surface area contributed by atoms with Gasteiger partial charge in [-0.05, 0) is 50.6 Å². The molecule has 0 aliphatic carbocycles. The van der Waals surface area contributed by atoms with Crippen LogP contribution in [0, 0.1) is 13.8 Å². The normalized spacial score (nSPS) is 12.1. The van der Waals surface area contributed by atoms with E-state index in [0.29, 0.717) is 25.5 Å². The van der Waals surface area contributed by atoms with Gasteiger partial charge in [-0.15, -0.1) is 11.3 Å². The predicted molar refractivity (Wildman–Crippen MR) is 112 cm³/mol. The van der Waals surface area contributed by atoms with Gasteiger partial charge in [-0.25, -0.2) is 4.98 Å². The van der Waals surface area contributed by atoms with Crippen molar-refractivity contribution >= 4 is 17.3 Å². The number of aliphatic carboxylic acids is 1. The van der Waals surface area contributed by atoms with Crippen LogP contribution in [0.1, 0.15) is 41.3 Å². The van der Waals surface area contributed by atoms with Crippen LogP contribution >= 0.6 is 11.3 Å². The second-order valence-corrected chi connectivity index (χ2v) is 7.93. The highest BCUT2D eigenvalue weighted by atomic mass is 32.1. The third-order valence-electron chi connectivity index (χ3n) is 4.43. The summed E-state index contributed by atoms with van der Waals surface area (Å²) in [6, 6.07) is 11.4. The van der Waals surface area contributed by atoms with Crippen molar-refractivity contribution in [3.05, 3.63) is 58.3 Å². The molecule has 0 saturated heterocycles. The summed E-state index contributed by atoms with van der Waals surface area (Å²) >= 11 is 1.66. The first-order valence-corrected chi connectivity index (χ1v) is 10.4. The second-order valence-electron chi connectivity index (χ2n) is 6.64. The number of aryl methyl sites for hydroxylation is 2. The molecule has 29 heavy (non-hydrogen) atoms. The molecule has 0 amide bonds. The number of oxazole rings is 1. The third-order valence-corrected chi connectivity index (χ3v) is 5.42. The van der Waals surface area contributed by atoms with E-state index in [1.807, 2.05) is 44.2 Å². The van der Waals surface area contributed by atoms with Crippen molar-refractivity contribution in [2.45, 2.75) is 39.7 Å². The van der Waals surface area contributed by atoms with Gasteiger partial charge < -0.3 is 19.0 Å². The van der Waals surface area contributed by atoms with E-state index in [9.17, 15) is 4.79 Å². The van der Waals surface area contributed by atoms with E-state index in [2.05, 4.69) is 18.0 Å². The summed E-state index contributed by atoms with van der Waals surface area (Å²) in [5.41, 5.74) is 1.71. The minimum atomic E-state index is -0.885. The van der Waals surface area contributed by atoms with E-state index in [1.165, 1.54) is 4.88 Å². The van der Waals surface area contributed by atoms with Gasteiger partial charge >= 0.3 is 5.97 Å². The number of nitrogens with zero attached hydrogens (tertiary/aromatic N) is 1. The van der Waals surface area contributed by atoms with Gasteiger partial charge in [0.2, 0.25) is 5.89 Å². The van der Waals surface area contributed by atoms with Gasteiger partial charge in [-0.3, -0.25) is 4.79 Å². The number of thiophene rings is 1. The fourth-order valence-corrected chi connectivity index (χ4v) is 3.79. The zero-order chi connectivity index (χ0) is 20.8. The quantitative estimate of drug-likeness (QED) is 0.490. The van der Waals surface area contributed by atoms with Gasteiger partial charge in [0.05, 0.1) is 29.7 Å². The Morgan fingerprint density at radius 3 is 2.59 bits per heavy atom. The summed E-state index contributed by atoms with van der Waals surface area (Å²) in [6.07, 6.45) is 0.122. The molecule has 0 aliphatic rings. The lowest BCUT2D eigenvalue weighted by Gasteiger charge is -2.16. The highest BCUT2D eigenvalue weighted by Gasteiger charge is 2.16. The van der Waals surface area contributed by atoms with Crippen molar-refractivity contribution in [3.8, 4) is 16.5 Å². The zero-order valence-electron chi connectivity index (χ0n) is 16.8. The lowest BCUT2D eigenvalue weighted by atomic mass is 10.1. The standard InChI is InChI=1S/C22H25NO5S/c1-4-26-19(13-21(24)25)16-6-8-17(9-7-16)27-12-11-18-15(3)28-22(23-18)20-10-5-14(2)29-20/h5-10,19H,4,11-13H2,1-3H3,(H,24,25). The molecule has 6 nitrogen and oxygen atoms in total. The Kier molecular flexibility index (Phi) is 7.06. The highest BCUT2D eigenvalue weighted by molar-refractivity contribution is 7.15. The van der Waals surface area contributed by atoms with Crippen molar-refractivity contribution in [1.29, 1.82) is 0 Å². The van der Waals surface area contributed by atoms with Crippen LogP contribution in [-0.2, 0) is 16.0 Å². The number of hydrogen-bond acceptors (Lipinski definition) is 6. The summed E-state index contributed by atoms with van der Waals surface area (Å²) in [4.78, 5) is 17.9. The van der Waals surface area contributed by atoms with Crippen LogP contribution < -0.4 is 4.74 Å². The molecule has 2 aromatic heterocycles. The largest absolute Gasteiger partial charge is 0.493 e. The smallest absolute Gasteiger partial charge is 0.306 e. The van der Waals surface area contributed by atoms with Crippen LogP contribution in [0.5, 0.6) is 5.75 Å². The zero-order valence-corrected chi connectivity index (χ0v) is 17.6. The van der Waals surface area contributed by atoms with E-state index in [4.69, 9.17) is 19.0 Å². The summed E-state index contributed by atoms with van der Waals surface area (Å²) < 4.78 is 17.2. The number of hydrogen-bond donors (Lipinski definition) is 1. The topological polar surface area (TPSA) is 81.8 Å². The van der Waals surface area contributed by atoms with Gasteiger partial charge in [0.25, 0.3) is 0 Å². The maximum Gasteiger partial charge on any atom is 0.306 e. The average molecular weight is 416 g/mol. The van der Waals surface area contributed by atoms with Crippen molar-refractivity contribution in [3.63, 3.8) is 0 Å². The average Bonchev–Trinajstić information content (AvgIpc) is 3.27. The predicted octanol–water partition coefficient (Wildman–Crippen LogP) is 5.19. The molecule has 0 saturated carbocycles. The summed E-state index contributed by atoms with van der Waals surface area (Å²) in [7, 11) is 0. The monoisotopic (exact) mass is 415 g/mol. The molecule has 3 aromatic rings. The van der Waals surface area contributed by atoms with Crippen LogP contribution in [0.15, 0.2) is 40.8 Å². The summed E-state index contributed by atoms with van der Waals surface area (Å²) in [5.74, 6) is 1.29. The molecular formula is C22H25NO5S. The summed E-state index contributed by atoms with van der Waals surface area (Å²) in [6.45, 7) is 6.75. The Balaban J connectivity index is 1.57. The van der Waals surface area contributed by atoms with Crippen molar-refractivity contribution in [2.24, 2.45) is 0 Å². The van der Waals surface area contributed by atoms with E-state index < -0.39 is 12.1 Å². The lowest BCUT2D eigenvalue weighted by Crippen LogP contribution is -2.10. The fraction of sp³-hybridized carbons (Fsp3) is 0.364. The van der Waals surface area contributed by atoms with Crippen LogP contribution in [0.2, 0.25) is 0 Å². The third kappa shape index (κ3) is 5.68. The molecule has 1 aromatic carbocycles. The molecular weight excluding hydrogens is 390 g/mol. The molecule has 1 unspecified atom stereocenters. The van der Waals surface area contributed by atoms with Gasteiger partial charge in [-0.2, -0.15) is 0 Å². The van der Waals surface area contributed by atoms with Crippen LogP contribution in [-0.4, -0.2) is 29.3 Å². The van der Waals surface area contributed by atoms with E-state index in [0.717, 1.165) is 27.6 Å². The SMILES string of the molecule is CCOC(CC(=O)O)c1ccc(OCCc2nc(-c3ccc(C)s3)oc2C)cc1. The Morgan fingerprint density at radius 1 is 1.21 bits per heavy atom. The van der Waals surface area contributed by atoms with Gasteiger partial charge in [-0.1, -0.05) is 12.1 Å². The van der Waals surface area contributed by atoms with Crippen LogP contribution in [0.25, 0.3) is 10.8 Å². The number of carbonyl (C=O) groups is 1. The number of benzene rings is 1. The van der Waals surface area contributed by atoms with Crippen molar-refractivity contribution < 1.29 is 23.8 Å². The fourth-order valence-electron chi connectivity index (χ4n) is 2.99. The number of rotatable bonds is 10. The van der Waals surface area contributed by atoms with Crippen LogP contribution in [0.4, 0.5) is 0 Å². The molecule has 0 spiro atoms. The number of carboxylic acids is 1. The van der Waals surface area contributed by atoms with Gasteiger partial charge in [0, 0.05) is 17.9 Å². The van der Waals surface area contributed by atoms with Gasteiger partial charge in [0.15, 0.2) is 0 Å². The number of carboxylic acid groups (broad SMARTS) is 1. The molecule has 154 valence electrons. The Labute approximate surface area is 174 Å². The molecule has 0 aliphatic heterocycles. The minimum Gasteiger partial charge on any atom is -0.493 e. The van der Waals surface area contributed by atoms with E-state index in [1.54, 1.807) is 11.3 Å². The lowest BCUT2D eigenvalue weighted by molar-refractivity contribution is -0.140. The highest BCUT2D eigenvalue weighted by Crippen LogP contribution is 2.29. The molecule has 0 bridgehead atoms. The van der Waals surface area contributed by atoms with Crippen molar-refractivity contribution in [1.82, 2.24) is 4.98 Å². The summed E-state index contributed by atoms with van der Waals surface area (Å²) in [5, 5.41) is 9.03. The molecule has 1 N–H and O–H groups in total. The maximum absolute atomic E-state index is 11.0. The molecule has 7 heteroatoms. The first-order valence-electron chi connectivity index (χ1n) is 9.55. The Hall–Kier alpha value is -2.64. The van der Waals surface area contributed by atoms with Crippen LogP contribution in [0.3, 0.4) is 0 Å². The van der Waals surface area contributed by atoms with Crippen molar-refractivity contribution in [2.75, 3.05) is 13.2 Å². The maximum atomic E-state index is 11.0. The Bertz CT molecular complexity index is 945. The molecule has 2 heterocycles.